The molecule has 0 aromatic heterocycles. The number of carbonyl (C=O) groups is 1. The van der Waals surface area contributed by atoms with E-state index in [0.717, 1.165) is 22.6 Å². The lowest BCUT2D eigenvalue weighted by atomic mass is 10.1. The van der Waals surface area contributed by atoms with Crippen LogP contribution in [0.5, 0.6) is 11.5 Å². The molecule has 0 spiro atoms. The Balaban J connectivity index is 2.04. The van der Waals surface area contributed by atoms with Gasteiger partial charge in [0, 0.05) is 11.8 Å². The smallest absolute Gasteiger partial charge is 0.265 e. The Morgan fingerprint density at radius 1 is 0.958 bits per heavy atom. The summed E-state index contributed by atoms with van der Waals surface area (Å²) < 4.78 is 11.5. The van der Waals surface area contributed by atoms with Gasteiger partial charge in [0.1, 0.15) is 11.5 Å². The van der Waals surface area contributed by atoms with Crippen LogP contribution >= 0.6 is 0 Å². The second kappa shape index (κ2) is 7.86. The van der Waals surface area contributed by atoms with Gasteiger partial charge >= 0.3 is 0 Å². The molecule has 2 aromatic rings. The van der Waals surface area contributed by atoms with Crippen LogP contribution in [0.25, 0.3) is 0 Å². The standard InChI is InChI=1S/C20H25NO3/c1-13(2)23-18-11-7-10-17(12-18)21-20(22)16(5)24-19-14(3)8-6-9-15(19)4/h6-13,16H,1-5H3,(H,21,22). The molecule has 0 radical (unpaired) electrons. The Morgan fingerprint density at radius 3 is 2.21 bits per heavy atom. The molecule has 0 saturated heterocycles. The molecule has 1 amide bonds. The predicted octanol–water partition coefficient (Wildman–Crippen LogP) is 4.50. The third-order valence-corrected chi connectivity index (χ3v) is 3.55. The lowest BCUT2D eigenvalue weighted by Crippen LogP contribution is -2.30. The van der Waals surface area contributed by atoms with Gasteiger partial charge in [0.05, 0.1) is 6.10 Å². The van der Waals surface area contributed by atoms with E-state index in [9.17, 15) is 4.79 Å². The van der Waals surface area contributed by atoms with Crippen LogP contribution < -0.4 is 14.8 Å². The SMILES string of the molecule is Cc1cccc(C)c1OC(C)C(=O)Nc1cccc(OC(C)C)c1. The van der Waals surface area contributed by atoms with E-state index in [1.165, 1.54) is 0 Å². The number of nitrogens with one attached hydrogen (secondary N) is 1. The van der Waals surface area contributed by atoms with Crippen LogP contribution in [0.15, 0.2) is 42.5 Å². The van der Waals surface area contributed by atoms with Crippen molar-refractivity contribution in [2.24, 2.45) is 0 Å². The summed E-state index contributed by atoms with van der Waals surface area (Å²) in [7, 11) is 0. The zero-order chi connectivity index (χ0) is 17.7. The van der Waals surface area contributed by atoms with Crippen molar-refractivity contribution in [3.8, 4) is 11.5 Å². The fourth-order valence-electron chi connectivity index (χ4n) is 2.38. The molecule has 1 N–H and O–H groups in total. The Hall–Kier alpha value is -2.49. The minimum Gasteiger partial charge on any atom is -0.491 e. The van der Waals surface area contributed by atoms with Crippen LogP contribution in [-0.4, -0.2) is 18.1 Å². The summed E-state index contributed by atoms with van der Waals surface area (Å²) in [4.78, 5) is 12.4. The number of para-hydroxylation sites is 1. The van der Waals surface area contributed by atoms with Crippen molar-refractivity contribution in [3.63, 3.8) is 0 Å². The topological polar surface area (TPSA) is 47.6 Å². The Kier molecular flexibility index (Phi) is 5.85. The highest BCUT2D eigenvalue weighted by molar-refractivity contribution is 5.94. The molecule has 1 unspecified atom stereocenters. The normalized spacial score (nSPS) is 11.9. The van der Waals surface area contributed by atoms with Crippen LogP contribution in [0, 0.1) is 13.8 Å². The summed E-state index contributed by atoms with van der Waals surface area (Å²) >= 11 is 0. The minimum atomic E-state index is -0.598. The first-order valence-electron chi connectivity index (χ1n) is 8.17. The summed E-state index contributed by atoms with van der Waals surface area (Å²) in [6, 6.07) is 13.3. The second-order valence-corrected chi connectivity index (χ2v) is 6.16. The van der Waals surface area contributed by atoms with Crippen molar-refractivity contribution in [3.05, 3.63) is 53.6 Å². The highest BCUT2D eigenvalue weighted by Gasteiger charge is 2.17. The molecule has 0 aliphatic carbocycles. The van der Waals surface area contributed by atoms with Crippen LogP contribution in [0.1, 0.15) is 31.9 Å². The fraction of sp³-hybridized carbons (Fsp3) is 0.350. The van der Waals surface area contributed by atoms with Gasteiger partial charge in [-0.1, -0.05) is 24.3 Å². The van der Waals surface area contributed by atoms with Gasteiger partial charge in [-0.05, 0) is 57.9 Å². The summed E-state index contributed by atoms with van der Waals surface area (Å²) in [5, 5.41) is 2.87. The Bertz CT molecular complexity index is 690. The van der Waals surface area contributed by atoms with Gasteiger partial charge in [0.25, 0.3) is 5.91 Å². The van der Waals surface area contributed by atoms with Crippen molar-refractivity contribution in [1.29, 1.82) is 0 Å². The van der Waals surface area contributed by atoms with E-state index in [1.54, 1.807) is 6.92 Å². The molecular formula is C20H25NO3. The third-order valence-electron chi connectivity index (χ3n) is 3.55. The number of hydrogen-bond donors (Lipinski definition) is 1. The van der Waals surface area contributed by atoms with Crippen molar-refractivity contribution in [2.75, 3.05) is 5.32 Å². The summed E-state index contributed by atoms with van der Waals surface area (Å²) in [6.45, 7) is 9.62. The van der Waals surface area contributed by atoms with Crippen LogP contribution in [0.3, 0.4) is 0 Å². The quantitative estimate of drug-likeness (QED) is 0.850. The van der Waals surface area contributed by atoms with Gasteiger partial charge < -0.3 is 14.8 Å². The van der Waals surface area contributed by atoms with Gasteiger partial charge in [0.15, 0.2) is 6.10 Å². The highest BCUT2D eigenvalue weighted by atomic mass is 16.5. The first-order chi connectivity index (χ1) is 11.4. The number of carbonyl (C=O) groups excluding carboxylic acids is 1. The maximum Gasteiger partial charge on any atom is 0.265 e. The first kappa shape index (κ1) is 17.9. The van der Waals surface area contributed by atoms with E-state index in [-0.39, 0.29) is 12.0 Å². The lowest BCUT2D eigenvalue weighted by molar-refractivity contribution is -0.122. The van der Waals surface area contributed by atoms with Gasteiger partial charge in [-0.2, -0.15) is 0 Å². The molecule has 2 aromatic carbocycles. The molecule has 0 bridgehead atoms. The van der Waals surface area contributed by atoms with E-state index < -0.39 is 6.10 Å². The van der Waals surface area contributed by atoms with Crippen molar-refractivity contribution >= 4 is 11.6 Å². The molecule has 4 nitrogen and oxygen atoms in total. The second-order valence-electron chi connectivity index (χ2n) is 6.16. The van der Waals surface area contributed by atoms with Crippen molar-refractivity contribution in [2.45, 2.75) is 46.8 Å². The average molecular weight is 327 g/mol. The summed E-state index contributed by atoms with van der Waals surface area (Å²) in [5.74, 6) is 1.29. The van der Waals surface area contributed by atoms with E-state index in [2.05, 4.69) is 5.32 Å². The summed E-state index contributed by atoms with van der Waals surface area (Å²) in [5.41, 5.74) is 2.72. The Morgan fingerprint density at radius 2 is 1.58 bits per heavy atom. The third kappa shape index (κ3) is 4.75. The average Bonchev–Trinajstić information content (AvgIpc) is 2.50. The molecule has 1 atom stereocenters. The maximum atomic E-state index is 12.4. The first-order valence-corrected chi connectivity index (χ1v) is 8.17. The van der Waals surface area contributed by atoms with E-state index >= 15 is 0 Å². The zero-order valence-electron chi connectivity index (χ0n) is 14.9. The number of benzene rings is 2. The number of anilines is 1. The van der Waals surface area contributed by atoms with Crippen molar-refractivity contribution in [1.82, 2.24) is 0 Å². The molecule has 0 fully saturated rings. The van der Waals surface area contributed by atoms with E-state index in [1.807, 2.05) is 70.2 Å². The van der Waals surface area contributed by atoms with E-state index in [0.29, 0.717) is 5.69 Å². The van der Waals surface area contributed by atoms with Gasteiger partial charge in [0.2, 0.25) is 0 Å². The molecule has 128 valence electrons. The van der Waals surface area contributed by atoms with Crippen LogP contribution in [-0.2, 0) is 4.79 Å². The van der Waals surface area contributed by atoms with E-state index in [4.69, 9.17) is 9.47 Å². The molecular weight excluding hydrogens is 302 g/mol. The zero-order valence-corrected chi connectivity index (χ0v) is 14.9. The van der Waals surface area contributed by atoms with Crippen LogP contribution in [0.2, 0.25) is 0 Å². The monoisotopic (exact) mass is 327 g/mol. The maximum absolute atomic E-state index is 12.4. The number of aryl methyl sites for hydroxylation is 2. The van der Waals surface area contributed by atoms with Gasteiger partial charge in [-0.3, -0.25) is 4.79 Å². The number of amides is 1. The number of hydrogen-bond acceptors (Lipinski definition) is 3. The summed E-state index contributed by atoms with van der Waals surface area (Å²) in [6.07, 6.45) is -0.512. The predicted molar refractivity (Wildman–Crippen MR) is 96.8 cm³/mol. The molecule has 24 heavy (non-hydrogen) atoms. The van der Waals surface area contributed by atoms with Gasteiger partial charge in [-0.15, -0.1) is 0 Å². The number of ether oxygens (including phenoxy) is 2. The molecule has 0 aliphatic heterocycles. The molecule has 0 saturated carbocycles. The lowest BCUT2D eigenvalue weighted by Gasteiger charge is -2.18. The van der Waals surface area contributed by atoms with Crippen molar-refractivity contribution < 1.29 is 14.3 Å². The number of rotatable bonds is 6. The largest absolute Gasteiger partial charge is 0.491 e. The highest BCUT2D eigenvalue weighted by Crippen LogP contribution is 2.24. The molecule has 0 aliphatic rings. The Labute approximate surface area is 143 Å². The molecule has 2 rings (SSSR count). The van der Waals surface area contributed by atoms with Gasteiger partial charge in [-0.25, -0.2) is 0 Å². The van der Waals surface area contributed by atoms with Crippen LogP contribution in [0.4, 0.5) is 5.69 Å². The molecule has 4 heteroatoms. The fourth-order valence-corrected chi connectivity index (χ4v) is 2.38. The molecule has 0 heterocycles. The minimum absolute atomic E-state index is 0.0854.